The van der Waals surface area contributed by atoms with Gasteiger partial charge in [0.15, 0.2) is 12.4 Å². The van der Waals surface area contributed by atoms with Crippen LogP contribution in [0.1, 0.15) is 44.5 Å². The number of imidazole rings is 1. The van der Waals surface area contributed by atoms with Crippen molar-refractivity contribution in [3.8, 4) is 17.1 Å². The summed E-state index contributed by atoms with van der Waals surface area (Å²) >= 11 is 6.21. The summed E-state index contributed by atoms with van der Waals surface area (Å²) in [6, 6.07) is 4.33. The second kappa shape index (κ2) is 13.5. The van der Waals surface area contributed by atoms with Crippen molar-refractivity contribution in [3.05, 3.63) is 40.9 Å². The van der Waals surface area contributed by atoms with E-state index in [1.807, 2.05) is 13.8 Å². The van der Waals surface area contributed by atoms with Gasteiger partial charge in [-0.15, -0.1) is 5.10 Å². The van der Waals surface area contributed by atoms with Crippen LogP contribution in [0.2, 0.25) is 5.02 Å². The van der Waals surface area contributed by atoms with Crippen molar-refractivity contribution in [2.45, 2.75) is 57.7 Å². The maximum Gasteiger partial charge on any atom is 0.277 e. The molecule has 1 fully saturated rings. The lowest BCUT2D eigenvalue weighted by atomic mass is 10.1. The molecule has 0 radical (unpaired) electrons. The summed E-state index contributed by atoms with van der Waals surface area (Å²) in [7, 11) is 1.66. The van der Waals surface area contributed by atoms with Crippen molar-refractivity contribution >= 4 is 34.5 Å². The lowest BCUT2D eigenvalue weighted by Gasteiger charge is -2.26. The van der Waals surface area contributed by atoms with E-state index < -0.39 is 37.4 Å². The number of aliphatic hydroxyl groups is 1. The lowest BCUT2D eigenvalue weighted by molar-refractivity contribution is -0.00961. The highest BCUT2D eigenvalue weighted by Crippen LogP contribution is 2.35. The third-order valence-corrected chi connectivity index (χ3v) is 7.85. The number of nitrogens with zero attached hydrogens (tertiary/aromatic N) is 8. The van der Waals surface area contributed by atoms with Crippen molar-refractivity contribution < 1.29 is 31.8 Å². The number of benzene rings is 1. The number of hydrogen-bond donors (Lipinski definition) is 2. The fraction of sp³-hybridized carbons (Fsp3) is 0.517. The van der Waals surface area contributed by atoms with E-state index in [1.165, 1.54) is 23.2 Å². The second-order valence-electron chi connectivity index (χ2n) is 11.6. The van der Waals surface area contributed by atoms with Gasteiger partial charge in [-0.3, -0.25) is 9.58 Å². The molecule has 3 N–H and O–H groups in total. The monoisotopic (exact) mass is 671 g/mol. The quantitative estimate of drug-likeness (QED) is 0.267. The molecule has 17 heteroatoms. The first-order valence-electron chi connectivity index (χ1n) is 14.7. The first kappa shape index (κ1) is 33.6. The van der Waals surface area contributed by atoms with Crippen LogP contribution in [0.5, 0.6) is 5.88 Å². The lowest BCUT2D eigenvalue weighted by Crippen LogP contribution is -2.39. The zero-order valence-electron chi connectivity index (χ0n) is 25.5. The Morgan fingerprint density at radius 1 is 1.13 bits per heavy atom. The van der Waals surface area contributed by atoms with Crippen LogP contribution >= 0.6 is 11.6 Å². The standard InChI is InChI=1S/C20H23ClF3N7.C9H12F2N2O2/c1-11(2)31-15-7-12(16-13(21)8-26-18(25)27-16)6-14(22)17(15)28-19(31)30-5-4-29(3)9-20(23,24)10-30;10-8(11)5-15-9-4-6-7(14)2-1-3-13(6)12-9/h6-8,11H,4-5,9-10H2,1-3H3,(H2,25,26,27);4,7-8,14H,1-3,5H2. The molecule has 1 aromatic carbocycles. The van der Waals surface area contributed by atoms with Crippen molar-refractivity contribution in [3.63, 3.8) is 0 Å². The molecule has 0 saturated carbocycles. The average Bonchev–Trinajstić information content (AvgIpc) is 3.55. The second-order valence-corrected chi connectivity index (χ2v) is 12.0. The van der Waals surface area contributed by atoms with Gasteiger partial charge in [-0.1, -0.05) is 11.6 Å². The number of anilines is 2. The third-order valence-electron chi connectivity index (χ3n) is 7.58. The minimum atomic E-state index is -2.92. The summed E-state index contributed by atoms with van der Waals surface area (Å²) in [5.41, 5.74) is 7.58. The van der Waals surface area contributed by atoms with Crippen LogP contribution in [-0.4, -0.2) is 91.5 Å². The molecule has 1 unspecified atom stereocenters. The van der Waals surface area contributed by atoms with Gasteiger partial charge in [-0.2, -0.15) is 0 Å². The molecule has 46 heavy (non-hydrogen) atoms. The number of fused-ring (bicyclic) bond motifs is 2. The first-order valence-corrected chi connectivity index (χ1v) is 15.1. The number of aromatic nitrogens is 6. The van der Waals surface area contributed by atoms with Gasteiger partial charge in [0, 0.05) is 37.3 Å². The maximum absolute atomic E-state index is 15.1. The molecule has 5 heterocycles. The zero-order chi connectivity index (χ0) is 33.3. The van der Waals surface area contributed by atoms with E-state index in [0.717, 1.165) is 6.42 Å². The number of rotatable bonds is 6. The van der Waals surface area contributed by atoms with Gasteiger partial charge in [-0.05, 0) is 45.9 Å². The fourth-order valence-electron chi connectivity index (χ4n) is 5.59. The molecule has 0 spiro atoms. The van der Waals surface area contributed by atoms with Gasteiger partial charge < -0.3 is 25.0 Å². The van der Waals surface area contributed by atoms with E-state index in [9.17, 15) is 22.7 Å². The van der Waals surface area contributed by atoms with Crippen molar-refractivity contribution in [1.82, 2.24) is 34.2 Å². The molecule has 2 aliphatic heterocycles. The van der Waals surface area contributed by atoms with E-state index in [-0.39, 0.29) is 40.6 Å². The van der Waals surface area contributed by atoms with Crippen LogP contribution in [0.4, 0.5) is 33.8 Å². The molecule has 250 valence electrons. The first-order chi connectivity index (χ1) is 21.7. The number of ether oxygens (including phenoxy) is 1. The molecule has 2 aliphatic rings. The normalized spacial score (nSPS) is 18.4. The highest BCUT2D eigenvalue weighted by Gasteiger charge is 2.38. The summed E-state index contributed by atoms with van der Waals surface area (Å²) < 4.78 is 75.9. The molecule has 11 nitrogen and oxygen atoms in total. The van der Waals surface area contributed by atoms with E-state index in [2.05, 4.69) is 20.1 Å². The zero-order valence-corrected chi connectivity index (χ0v) is 26.2. The Kier molecular flexibility index (Phi) is 9.89. The molecule has 0 aliphatic carbocycles. The molecule has 1 saturated heterocycles. The molecule has 4 aromatic rings. The summed E-state index contributed by atoms with van der Waals surface area (Å²) in [4.78, 5) is 15.5. The predicted molar refractivity (Wildman–Crippen MR) is 163 cm³/mol. The Morgan fingerprint density at radius 3 is 2.59 bits per heavy atom. The van der Waals surface area contributed by atoms with E-state index in [4.69, 9.17) is 22.1 Å². The summed E-state index contributed by atoms with van der Waals surface area (Å²) in [6.07, 6.45) is -0.198. The third kappa shape index (κ3) is 7.44. The van der Waals surface area contributed by atoms with Gasteiger partial charge in [0.1, 0.15) is 5.52 Å². The highest BCUT2D eigenvalue weighted by atomic mass is 35.5. The molecule has 0 bridgehead atoms. The number of likely N-dealkylation sites (N-methyl/N-ethyl adjacent to an activating group) is 1. The Bertz CT molecular complexity index is 1680. The maximum atomic E-state index is 15.1. The predicted octanol–water partition coefficient (Wildman–Crippen LogP) is 5.19. The van der Waals surface area contributed by atoms with Crippen molar-refractivity contribution in [2.75, 3.05) is 50.5 Å². The Labute approximate surface area is 266 Å². The average molecular weight is 672 g/mol. The van der Waals surface area contributed by atoms with Crippen LogP contribution in [0, 0.1) is 5.82 Å². The number of aliphatic hydroxyl groups excluding tert-OH is 1. The van der Waals surface area contributed by atoms with Gasteiger partial charge in [-0.25, -0.2) is 36.9 Å². The SMILES string of the molecule is CC(C)n1c(N2CCN(C)CC(F)(F)C2)nc2c(F)cc(-c3nc(N)ncc3Cl)cc21.OC1CCCn2nc(OCC(F)F)cc21. The fourth-order valence-corrected chi connectivity index (χ4v) is 5.79. The molecule has 0 amide bonds. The van der Waals surface area contributed by atoms with Crippen LogP contribution < -0.4 is 15.4 Å². The summed E-state index contributed by atoms with van der Waals surface area (Å²) in [6.45, 7) is 3.80. The van der Waals surface area contributed by atoms with Crippen molar-refractivity contribution in [2.24, 2.45) is 0 Å². The van der Waals surface area contributed by atoms with Gasteiger partial charge in [0.25, 0.3) is 12.3 Å². The molecule has 1 atom stereocenters. The minimum absolute atomic E-state index is 0.00822. The Morgan fingerprint density at radius 2 is 1.89 bits per heavy atom. The number of alkyl halides is 4. The smallest absolute Gasteiger partial charge is 0.277 e. The highest BCUT2D eigenvalue weighted by molar-refractivity contribution is 6.33. The van der Waals surface area contributed by atoms with Gasteiger partial charge >= 0.3 is 0 Å². The van der Waals surface area contributed by atoms with E-state index in [0.29, 0.717) is 48.8 Å². The molecular weight excluding hydrogens is 637 g/mol. The van der Waals surface area contributed by atoms with E-state index in [1.54, 1.807) is 27.3 Å². The summed E-state index contributed by atoms with van der Waals surface area (Å²) in [5, 5.41) is 13.8. The van der Waals surface area contributed by atoms with Crippen molar-refractivity contribution in [1.29, 1.82) is 0 Å². The van der Waals surface area contributed by atoms with Gasteiger partial charge in [0.2, 0.25) is 17.8 Å². The largest absolute Gasteiger partial charge is 0.471 e. The van der Waals surface area contributed by atoms with Crippen LogP contribution in [-0.2, 0) is 6.54 Å². The number of halogens is 6. The topological polar surface area (TPSA) is 123 Å². The Balaban J connectivity index is 0.000000232. The Hall–Kier alpha value is -3.76. The number of hydrogen-bond acceptors (Lipinski definition) is 9. The molecule has 6 rings (SSSR count). The summed E-state index contributed by atoms with van der Waals surface area (Å²) in [5.74, 6) is -3.04. The van der Waals surface area contributed by atoms with Gasteiger partial charge in [0.05, 0.1) is 47.3 Å². The molecular formula is C29H35ClF5N9O2. The van der Waals surface area contributed by atoms with Crippen LogP contribution in [0.3, 0.4) is 0 Å². The van der Waals surface area contributed by atoms with Crippen LogP contribution in [0.15, 0.2) is 24.4 Å². The number of nitrogen functional groups attached to an aromatic ring is 1. The van der Waals surface area contributed by atoms with E-state index >= 15 is 4.39 Å². The minimum Gasteiger partial charge on any atom is -0.471 e. The number of nitrogens with two attached hydrogens (primary N) is 1. The number of aryl methyl sites for hydroxylation is 1. The molecule has 3 aromatic heterocycles. The van der Waals surface area contributed by atoms with Crippen LogP contribution in [0.25, 0.3) is 22.3 Å².